The molecule has 1 aromatic heterocycles. The largest absolute Gasteiger partial charge is 0.258 e. The molecule has 2 heterocycles. The van der Waals surface area contributed by atoms with Gasteiger partial charge in [0, 0.05) is 25.5 Å². The molecule has 2 rings (SSSR count). The number of aryl methyl sites for hydroxylation is 1. The van der Waals surface area contributed by atoms with Crippen molar-refractivity contribution in [1.82, 2.24) is 20.4 Å². The molecule has 4 nitrogen and oxygen atoms in total. The van der Waals surface area contributed by atoms with Crippen molar-refractivity contribution in [2.24, 2.45) is 0 Å². The van der Waals surface area contributed by atoms with Crippen LogP contribution in [0.4, 0.5) is 0 Å². The predicted octanol–water partition coefficient (Wildman–Crippen LogP) is 1.84. The summed E-state index contributed by atoms with van der Waals surface area (Å²) in [4.78, 5) is 8.66. The fourth-order valence-electron chi connectivity index (χ4n) is 2.20. The molecule has 16 heavy (non-hydrogen) atoms. The SMILES string of the molecule is Cc1nccnc1C(C)NN1CCCCC1. The van der Waals surface area contributed by atoms with Gasteiger partial charge in [0.25, 0.3) is 0 Å². The van der Waals surface area contributed by atoms with Crippen LogP contribution in [0, 0.1) is 6.92 Å². The molecule has 1 atom stereocenters. The number of nitrogens with zero attached hydrogens (tertiary/aromatic N) is 3. The molecule has 88 valence electrons. The number of aromatic nitrogens is 2. The van der Waals surface area contributed by atoms with Crippen LogP contribution in [0.2, 0.25) is 0 Å². The van der Waals surface area contributed by atoms with E-state index in [0.29, 0.717) is 0 Å². The zero-order valence-corrected chi connectivity index (χ0v) is 10.1. The molecule has 1 unspecified atom stereocenters. The number of nitrogens with one attached hydrogen (secondary N) is 1. The van der Waals surface area contributed by atoms with E-state index in [1.54, 1.807) is 12.4 Å². The minimum Gasteiger partial charge on any atom is -0.258 e. The average molecular weight is 220 g/mol. The minimum absolute atomic E-state index is 0.242. The smallest absolute Gasteiger partial charge is 0.0796 e. The molecule has 0 spiro atoms. The van der Waals surface area contributed by atoms with Crippen LogP contribution in [-0.2, 0) is 0 Å². The standard InChI is InChI=1S/C12H20N4/c1-10-12(14-7-6-13-10)11(2)15-16-8-4-3-5-9-16/h6-7,11,15H,3-5,8-9H2,1-2H3. The van der Waals surface area contributed by atoms with Crippen LogP contribution in [0.5, 0.6) is 0 Å². The van der Waals surface area contributed by atoms with Gasteiger partial charge in [-0.05, 0) is 26.7 Å². The van der Waals surface area contributed by atoms with E-state index in [0.717, 1.165) is 24.5 Å². The molecule has 0 saturated carbocycles. The highest BCUT2D eigenvalue weighted by Crippen LogP contribution is 2.14. The molecule has 1 aromatic rings. The number of rotatable bonds is 3. The van der Waals surface area contributed by atoms with E-state index in [1.807, 2.05) is 6.92 Å². The molecule has 0 amide bonds. The third-order valence-corrected chi connectivity index (χ3v) is 3.06. The highest BCUT2D eigenvalue weighted by Gasteiger charge is 2.15. The topological polar surface area (TPSA) is 41.1 Å². The fourth-order valence-corrected chi connectivity index (χ4v) is 2.20. The normalized spacial score (nSPS) is 19.6. The number of hydrogen-bond acceptors (Lipinski definition) is 4. The first-order chi connectivity index (χ1) is 7.77. The minimum atomic E-state index is 0.242. The van der Waals surface area contributed by atoms with Gasteiger partial charge in [-0.15, -0.1) is 0 Å². The van der Waals surface area contributed by atoms with Crippen molar-refractivity contribution in [3.05, 3.63) is 23.8 Å². The maximum Gasteiger partial charge on any atom is 0.0796 e. The van der Waals surface area contributed by atoms with Gasteiger partial charge in [0.1, 0.15) is 0 Å². The highest BCUT2D eigenvalue weighted by molar-refractivity contribution is 5.12. The predicted molar refractivity (Wildman–Crippen MR) is 63.7 cm³/mol. The van der Waals surface area contributed by atoms with Gasteiger partial charge in [0.05, 0.1) is 17.4 Å². The Balaban J connectivity index is 1.96. The van der Waals surface area contributed by atoms with Crippen LogP contribution in [0.3, 0.4) is 0 Å². The molecule has 0 aromatic carbocycles. The van der Waals surface area contributed by atoms with Crippen molar-refractivity contribution in [2.75, 3.05) is 13.1 Å². The van der Waals surface area contributed by atoms with E-state index in [4.69, 9.17) is 0 Å². The lowest BCUT2D eigenvalue weighted by molar-refractivity contribution is 0.131. The van der Waals surface area contributed by atoms with E-state index in [9.17, 15) is 0 Å². The Morgan fingerprint density at radius 1 is 1.19 bits per heavy atom. The molecular formula is C12H20N4. The number of hydrogen-bond donors (Lipinski definition) is 1. The Hall–Kier alpha value is -1.00. The lowest BCUT2D eigenvalue weighted by Gasteiger charge is -2.30. The molecule has 0 radical (unpaired) electrons. The van der Waals surface area contributed by atoms with Crippen molar-refractivity contribution in [1.29, 1.82) is 0 Å². The molecule has 1 aliphatic rings. The number of hydrazine groups is 1. The van der Waals surface area contributed by atoms with Crippen LogP contribution in [0.15, 0.2) is 12.4 Å². The van der Waals surface area contributed by atoms with Gasteiger partial charge in [-0.2, -0.15) is 0 Å². The van der Waals surface area contributed by atoms with Crippen molar-refractivity contribution in [2.45, 2.75) is 39.2 Å². The van der Waals surface area contributed by atoms with Crippen LogP contribution < -0.4 is 5.43 Å². The summed E-state index contributed by atoms with van der Waals surface area (Å²) in [5.74, 6) is 0. The zero-order chi connectivity index (χ0) is 11.4. The summed E-state index contributed by atoms with van der Waals surface area (Å²) in [6.45, 7) is 6.44. The van der Waals surface area contributed by atoms with Gasteiger partial charge in [-0.1, -0.05) is 6.42 Å². The van der Waals surface area contributed by atoms with Gasteiger partial charge < -0.3 is 0 Å². The van der Waals surface area contributed by atoms with Crippen LogP contribution in [-0.4, -0.2) is 28.1 Å². The van der Waals surface area contributed by atoms with Gasteiger partial charge in [-0.25, -0.2) is 10.4 Å². The fraction of sp³-hybridized carbons (Fsp3) is 0.667. The third-order valence-electron chi connectivity index (χ3n) is 3.06. The molecule has 1 N–H and O–H groups in total. The lowest BCUT2D eigenvalue weighted by Crippen LogP contribution is -2.43. The molecule has 1 aliphatic heterocycles. The van der Waals surface area contributed by atoms with Crippen LogP contribution >= 0.6 is 0 Å². The van der Waals surface area contributed by atoms with Gasteiger partial charge in [0.2, 0.25) is 0 Å². The monoisotopic (exact) mass is 220 g/mol. The van der Waals surface area contributed by atoms with Crippen molar-refractivity contribution in [3.8, 4) is 0 Å². The van der Waals surface area contributed by atoms with Gasteiger partial charge in [0.15, 0.2) is 0 Å². The van der Waals surface area contributed by atoms with Gasteiger partial charge in [-0.3, -0.25) is 9.97 Å². The van der Waals surface area contributed by atoms with Gasteiger partial charge >= 0.3 is 0 Å². The lowest BCUT2D eigenvalue weighted by atomic mass is 10.1. The summed E-state index contributed by atoms with van der Waals surface area (Å²) in [7, 11) is 0. The third kappa shape index (κ3) is 2.77. The summed E-state index contributed by atoms with van der Waals surface area (Å²) >= 11 is 0. The Bertz CT molecular complexity index is 334. The maximum atomic E-state index is 4.39. The second-order valence-corrected chi connectivity index (χ2v) is 4.43. The molecule has 1 saturated heterocycles. The first kappa shape index (κ1) is 11.5. The maximum absolute atomic E-state index is 4.39. The van der Waals surface area contributed by atoms with E-state index in [1.165, 1.54) is 19.3 Å². The van der Waals surface area contributed by atoms with E-state index >= 15 is 0 Å². The first-order valence-corrected chi connectivity index (χ1v) is 6.06. The Morgan fingerprint density at radius 3 is 2.56 bits per heavy atom. The zero-order valence-electron chi connectivity index (χ0n) is 10.1. The van der Waals surface area contributed by atoms with Crippen LogP contribution in [0.25, 0.3) is 0 Å². The van der Waals surface area contributed by atoms with E-state index < -0.39 is 0 Å². The summed E-state index contributed by atoms with van der Waals surface area (Å²) in [6, 6.07) is 0.242. The van der Waals surface area contributed by atoms with Crippen molar-refractivity contribution >= 4 is 0 Å². The highest BCUT2D eigenvalue weighted by atomic mass is 15.5. The quantitative estimate of drug-likeness (QED) is 0.844. The molecule has 4 heteroatoms. The molecule has 0 aliphatic carbocycles. The summed E-state index contributed by atoms with van der Waals surface area (Å²) < 4.78 is 0. The van der Waals surface area contributed by atoms with Crippen molar-refractivity contribution < 1.29 is 0 Å². The second-order valence-electron chi connectivity index (χ2n) is 4.43. The summed E-state index contributed by atoms with van der Waals surface area (Å²) in [5.41, 5.74) is 5.57. The molecule has 1 fully saturated rings. The second kappa shape index (κ2) is 5.37. The van der Waals surface area contributed by atoms with Crippen LogP contribution in [0.1, 0.15) is 43.6 Å². The Labute approximate surface area is 97.1 Å². The molecule has 0 bridgehead atoms. The number of piperidine rings is 1. The Kier molecular flexibility index (Phi) is 3.85. The average Bonchev–Trinajstić information content (AvgIpc) is 2.31. The summed E-state index contributed by atoms with van der Waals surface area (Å²) in [6.07, 6.45) is 7.44. The van der Waals surface area contributed by atoms with Crippen molar-refractivity contribution in [3.63, 3.8) is 0 Å². The Morgan fingerprint density at radius 2 is 1.88 bits per heavy atom. The van der Waals surface area contributed by atoms with E-state index in [2.05, 4.69) is 27.3 Å². The molecular weight excluding hydrogens is 200 g/mol. The van der Waals surface area contributed by atoms with E-state index in [-0.39, 0.29) is 6.04 Å². The first-order valence-electron chi connectivity index (χ1n) is 6.06. The summed E-state index contributed by atoms with van der Waals surface area (Å²) in [5, 5.41) is 2.31.